The Kier molecular flexibility index (Phi) is 4.78. The summed E-state index contributed by atoms with van der Waals surface area (Å²) in [5.41, 5.74) is 0. The Balaban J connectivity index is 2.01. The molecule has 0 atom stereocenters. The van der Waals surface area contributed by atoms with Crippen molar-refractivity contribution in [2.75, 3.05) is 33.5 Å². The van der Waals surface area contributed by atoms with E-state index in [1.807, 2.05) is 0 Å². The molecule has 0 aliphatic carbocycles. The Morgan fingerprint density at radius 2 is 2.15 bits per heavy atom. The number of hydrogen-bond acceptors (Lipinski definition) is 4. The molecule has 0 aromatic carbocycles. The fourth-order valence-corrected chi connectivity index (χ4v) is 1.28. The minimum Gasteiger partial charge on any atom is -0.467 e. The van der Waals surface area contributed by atoms with Gasteiger partial charge in [-0.15, -0.1) is 0 Å². The summed E-state index contributed by atoms with van der Waals surface area (Å²) in [6, 6.07) is 0. The van der Waals surface area contributed by atoms with Gasteiger partial charge in [-0.3, -0.25) is 0 Å². The van der Waals surface area contributed by atoms with Crippen molar-refractivity contribution >= 4 is 5.97 Å². The predicted octanol–water partition coefficient (Wildman–Crippen LogP) is 0.603. The first-order valence-corrected chi connectivity index (χ1v) is 4.55. The van der Waals surface area contributed by atoms with Crippen LogP contribution in [0.3, 0.4) is 0 Å². The van der Waals surface area contributed by atoms with Crippen LogP contribution in [-0.4, -0.2) is 39.5 Å². The maximum absolute atomic E-state index is 10.7. The molecule has 0 saturated carbocycles. The first-order chi connectivity index (χ1) is 6.33. The zero-order chi connectivity index (χ0) is 9.52. The van der Waals surface area contributed by atoms with Crippen molar-refractivity contribution in [2.45, 2.75) is 12.8 Å². The van der Waals surface area contributed by atoms with Gasteiger partial charge in [-0.25, -0.2) is 4.79 Å². The number of esters is 1. The molecular formula is C9H16O4. The number of carbonyl (C=O) groups excluding carboxylic acids is 1. The molecule has 1 aliphatic rings. The summed E-state index contributed by atoms with van der Waals surface area (Å²) in [5, 5.41) is 0. The fraction of sp³-hybridized carbons (Fsp3) is 0.889. The molecule has 0 radical (unpaired) electrons. The molecule has 1 saturated heterocycles. The number of ether oxygens (including phenoxy) is 3. The topological polar surface area (TPSA) is 44.8 Å². The van der Waals surface area contributed by atoms with Gasteiger partial charge in [-0.1, -0.05) is 0 Å². The third-order valence-electron chi connectivity index (χ3n) is 2.14. The summed E-state index contributed by atoms with van der Waals surface area (Å²) in [6.07, 6.45) is 2.06. The lowest BCUT2D eigenvalue weighted by atomic mass is 10.0. The number of methoxy groups -OCH3 is 1. The summed E-state index contributed by atoms with van der Waals surface area (Å²) in [7, 11) is 1.36. The van der Waals surface area contributed by atoms with Crippen molar-refractivity contribution in [2.24, 2.45) is 5.92 Å². The van der Waals surface area contributed by atoms with Crippen molar-refractivity contribution in [1.29, 1.82) is 0 Å². The van der Waals surface area contributed by atoms with E-state index in [-0.39, 0.29) is 12.6 Å². The molecule has 1 heterocycles. The first kappa shape index (κ1) is 10.5. The smallest absolute Gasteiger partial charge is 0.331 e. The second-order valence-electron chi connectivity index (χ2n) is 3.15. The molecule has 0 N–H and O–H groups in total. The molecule has 0 bridgehead atoms. The van der Waals surface area contributed by atoms with Crippen molar-refractivity contribution in [3.63, 3.8) is 0 Å². The van der Waals surface area contributed by atoms with Crippen molar-refractivity contribution in [1.82, 2.24) is 0 Å². The van der Waals surface area contributed by atoms with Crippen LogP contribution >= 0.6 is 0 Å². The Morgan fingerprint density at radius 3 is 2.77 bits per heavy atom. The van der Waals surface area contributed by atoms with E-state index in [0.29, 0.717) is 12.5 Å². The van der Waals surface area contributed by atoms with E-state index < -0.39 is 0 Å². The molecule has 1 aliphatic heterocycles. The number of hydrogen-bond donors (Lipinski definition) is 0. The lowest BCUT2D eigenvalue weighted by Crippen LogP contribution is -2.22. The lowest BCUT2D eigenvalue weighted by molar-refractivity contribution is -0.146. The van der Waals surface area contributed by atoms with Gasteiger partial charge in [-0.2, -0.15) is 0 Å². The van der Waals surface area contributed by atoms with Crippen molar-refractivity contribution in [3.8, 4) is 0 Å². The molecule has 0 spiro atoms. The highest BCUT2D eigenvalue weighted by molar-refractivity contribution is 5.70. The monoisotopic (exact) mass is 188 g/mol. The molecule has 4 nitrogen and oxygen atoms in total. The first-order valence-electron chi connectivity index (χ1n) is 4.55. The van der Waals surface area contributed by atoms with Gasteiger partial charge in [0.2, 0.25) is 0 Å². The highest BCUT2D eigenvalue weighted by Crippen LogP contribution is 2.14. The van der Waals surface area contributed by atoms with Crippen LogP contribution in [0.25, 0.3) is 0 Å². The van der Waals surface area contributed by atoms with Gasteiger partial charge < -0.3 is 14.2 Å². The summed E-state index contributed by atoms with van der Waals surface area (Å²) < 4.78 is 14.8. The zero-order valence-corrected chi connectivity index (χ0v) is 7.95. The van der Waals surface area contributed by atoms with E-state index in [9.17, 15) is 4.79 Å². The lowest BCUT2D eigenvalue weighted by Gasteiger charge is -2.21. The van der Waals surface area contributed by atoms with Crippen LogP contribution < -0.4 is 0 Å². The van der Waals surface area contributed by atoms with Gasteiger partial charge >= 0.3 is 5.97 Å². The fourth-order valence-electron chi connectivity index (χ4n) is 1.28. The second kappa shape index (κ2) is 5.94. The minimum atomic E-state index is -0.313. The van der Waals surface area contributed by atoms with E-state index in [1.165, 1.54) is 7.11 Å². The molecule has 0 amide bonds. The summed E-state index contributed by atoms with van der Waals surface area (Å²) in [6.45, 7) is 2.32. The normalized spacial score (nSPS) is 18.5. The Hall–Kier alpha value is -0.610. The molecule has 76 valence electrons. The van der Waals surface area contributed by atoms with E-state index in [4.69, 9.17) is 9.47 Å². The SMILES string of the molecule is COC(=O)COCC1CCOCC1. The van der Waals surface area contributed by atoms with Crippen LogP contribution in [0.2, 0.25) is 0 Å². The second-order valence-corrected chi connectivity index (χ2v) is 3.15. The minimum absolute atomic E-state index is 0.0634. The molecule has 13 heavy (non-hydrogen) atoms. The molecular weight excluding hydrogens is 172 g/mol. The summed E-state index contributed by atoms with van der Waals surface area (Å²) in [5.74, 6) is 0.227. The molecule has 1 fully saturated rings. The van der Waals surface area contributed by atoms with Gasteiger partial charge in [0.05, 0.1) is 13.7 Å². The molecule has 1 rings (SSSR count). The average molecular weight is 188 g/mol. The quantitative estimate of drug-likeness (QED) is 0.606. The van der Waals surface area contributed by atoms with Gasteiger partial charge in [0.15, 0.2) is 0 Å². The Morgan fingerprint density at radius 1 is 1.46 bits per heavy atom. The van der Waals surface area contributed by atoms with Crippen molar-refractivity contribution in [3.05, 3.63) is 0 Å². The van der Waals surface area contributed by atoms with E-state index in [0.717, 1.165) is 26.1 Å². The zero-order valence-electron chi connectivity index (χ0n) is 7.95. The van der Waals surface area contributed by atoms with Crippen LogP contribution in [0.15, 0.2) is 0 Å². The average Bonchev–Trinajstić information content (AvgIpc) is 2.19. The highest BCUT2D eigenvalue weighted by Gasteiger charge is 2.14. The van der Waals surface area contributed by atoms with E-state index in [2.05, 4.69) is 4.74 Å². The maximum Gasteiger partial charge on any atom is 0.331 e. The van der Waals surface area contributed by atoms with E-state index >= 15 is 0 Å². The van der Waals surface area contributed by atoms with Gasteiger partial charge in [0, 0.05) is 13.2 Å². The summed E-state index contributed by atoms with van der Waals surface area (Å²) in [4.78, 5) is 10.7. The summed E-state index contributed by atoms with van der Waals surface area (Å²) >= 11 is 0. The Bertz CT molecular complexity index is 152. The maximum atomic E-state index is 10.7. The van der Waals surface area contributed by atoms with Crippen molar-refractivity contribution < 1.29 is 19.0 Å². The van der Waals surface area contributed by atoms with Crippen LogP contribution in [0.4, 0.5) is 0 Å². The Labute approximate surface area is 78.2 Å². The largest absolute Gasteiger partial charge is 0.467 e. The highest BCUT2D eigenvalue weighted by atomic mass is 16.6. The van der Waals surface area contributed by atoms with Gasteiger partial charge in [0.25, 0.3) is 0 Å². The van der Waals surface area contributed by atoms with Crippen LogP contribution in [-0.2, 0) is 19.0 Å². The van der Waals surface area contributed by atoms with Crippen LogP contribution in [0.5, 0.6) is 0 Å². The van der Waals surface area contributed by atoms with Gasteiger partial charge in [0.1, 0.15) is 6.61 Å². The third kappa shape index (κ3) is 4.24. The number of rotatable bonds is 4. The number of carbonyl (C=O) groups is 1. The standard InChI is InChI=1S/C9H16O4/c1-11-9(10)7-13-6-8-2-4-12-5-3-8/h8H,2-7H2,1H3. The molecule has 4 heteroatoms. The van der Waals surface area contributed by atoms with Gasteiger partial charge in [-0.05, 0) is 18.8 Å². The van der Waals surface area contributed by atoms with Crippen LogP contribution in [0.1, 0.15) is 12.8 Å². The third-order valence-corrected chi connectivity index (χ3v) is 2.14. The molecule has 0 aromatic rings. The predicted molar refractivity (Wildman–Crippen MR) is 46.4 cm³/mol. The van der Waals surface area contributed by atoms with E-state index in [1.54, 1.807) is 0 Å². The van der Waals surface area contributed by atoms with Crippen LogP contribution in [0, 0.1) is 5.92 Å². The molecule has 0 aromatic heterocycles. The molecule has 0 unspecified atom stereocenters.